The molecule has 11 amide bonds. The molecule has 8 aromatic carbocycles. The summed E-state index contributed by atoms with van der Waals surface area (Å²) < 4.78 is 43.0. The lowest BCUT2D eigenvalue weighted by Gasteiger charge is -2.37. The number of hydrogen-bond acceptors (Lipinski definition) is 31. The van der Waals surface area contributed by atoms with Gasteiger partial charge in [-0.2, -0.15) is 19.9 Å². The summed E-state index contributed by atoms with van der Waals surface area (Å²) in [5, 5.41) is 40.5. The van der Waals surface area contributed by atoms with Crippen molar-refractivity contribution in [2.24, 2.45) is 0 Å². The van der Waals surface area contributed by atoms with Gasteiger partial charge >= 0.3 is 24.1 Å². The van der Waals surface area contributed by atoms with E-state index in [9.17, 15) is 48.6 Å². The molecule has 1 saturated heterocycles. The van der Waals surface area contributed by atoms with Crippen molar-refractivity contribution in [3.8, 4) is 46.0 Å². The molecule has 150 heavy (non-hydrogen) atoms. The molecule has 0 radical (unpaired) electrons. The molecule has 18 rings (SSSR count). The van der Waals surface area contributed by atoms with E-state index in [2.05, 4.69) is 122 Å². The number of methoxy groups -OCH3 is 8. The molecule has 1 atom stereocenters. The van der Waals surface area contributed by atoms with E-state index in [0.29, 0.717) is 151 Å². The zero-order chi connectivity index (χ0) is 106. The first-order valence-corrected chi connectivity index (χ1v) is 47.5. The number of carbonyl (C=O) groups is 8. The van der Waals surface area contributed by atoms with Gasteiger partial charge in [-0.25, -0.2) is 39.1 Å². The second-order valence-electron chi connectivity index (χ2n) is 34.4. The third-order valence-electron chi connectivity index (χ3n) is 24.5. The third-order valence-corrected chi connectivity index (χ3v) is 24.5. The Morgan fingerprint density at radius 1 is 0.393 bits per heavy atom. The molecule has 774 valence electrons. The Morgan fingerprint density at radius 2 is 0.727 bits per heavy atom. The highest BCUT2D eigenvalue weighted by molar-refractivity contribution is 6.10. The monoisotopic (exact) mass is 2030 g/mol. The van der Waals surface area contributed by atoms with Crippen LogP contribution in [0.5, 0.6) is 46.0 Å². The minimum absolute atomic E-state index is 0.0650. The van der Waals surface area contributed by atoms with Gasteiger partial charge in [-0.3, -0.25) is 58.4 Å². The lowest BCUT2D eigenvalue weighted by molar-refractivity contribution is -0.114. The summed E-state index contributed by atoms with van der Waals surface area (Å²) >= 11 is 0. The van der Waals surface area contributed by atoms with Crippen LogP contribution in [0, 0.1) is 0 Å². The number of para-hydroxylation sites is 6. The van der Waals surface area contributed by atoms with Crippen LogP contribution in [-0.4, -0.2) is 207 Å². The number of anilines is 20. The molecule has 5 aliphatic heterocycles. The first-order chi connectivity index (χ1) is 72.7. The quantitative estimate of drug-likeness (QED) is 0.0130. The van der Waals surface area contributed by atoms with E-state index in [0.717, 1.165) is 65.6 Å². The van der Waals surface area contributed by atoms with Crippen molar-refractivity contribution >= 4 is 163 Å². The Morgan fingerprint density at radius 3 is 1.09 bits per heavy atom. The van der Waals surface area contributed by atoms with Gasteiger partial charge in [0, 0.05) is 170 Å². The molecule has 6 aliphatic rings. The van der Waals surface area contributed by atoms with Crippen molar-refractivity contribution in [1.29, 1.82) is 0 Å². The second kappa shape index (κ2) is 48.8. The molecular weight excluding hydrogens is 1920 g/mol. The fraction of sp³-hybridized carbons (Fsp3) is 0.241. The van der Waals surface area contributed by atoms with Crippen LogP contribution in [0.25, 0.3) is 0 Å². The number of aliphatic hydroxyl groups excluding tert-OH is 2. The maximum atomic E-state index is 13.7. The summed E-state index contributed by atoms with van der Waals surface area (Å²) in [5.41, 5.74) is 11.4. The van der Waals surface area contributed by atoms with Crippen molar-refractivity contribution in [3.63, 3.8) is 0 Å². The molecule has 9 heterocycles. The van der Waals surface area contributed by atoms with Gasteiger partial charge in [0.05, 0.1) is 159 Å². The first kappa shape index (κ1) is 106. The van der Waals surface area contributed by atoms with E-state index >= 15 is 0 Å². The number of amides is 11. The number of urea groups is 4. The van der Waals surface area contributed by atoms with E-state index in [1.807, 2.05) is 42.5 Å². The van der Waals surface area contributed by atoms with Gasteiger partial charge in [0.1, 0.15) is 69.3 Å². The van der Waals surface area contributed by atoms with Crippen LogP contribution < -0.4 is 119 Å². The van der Waals surface area contributed by atoms with Gasteiger partial charge in [0.15, 0.2) is 5.78 Å². The van der Waals surface area contributed by atoms with Crippen LogP contribution in [0.2, 0.25) is 0 Å². The third kappa shape index (κ3) is 25.1. The molecular formula is C108H114N24O18. The number of aliphatic hydroxyl groups is 2. The summed E-state index contributed by atoms with van der Waals surface area (Å²) in [4.78, 5) is 153. The Bertz CT molecular complexity index is 7020. The minimum atomic E-state index is -1.20. The number of aromatic nitrogens is 8. The number of allylic oxidation sites excluding steroid dienone is 1. The molecule has 1 unspecified atom stereocenters. The fourth-order valence-corrected chi connectivity index (χ4v) is 16.7. The number of ether oxygens (including phenoxy) is 8. The summed E-state index contributed by atoms with van der Waals surface area (Å²) in [6.45, 7) is 20.4. The lowest BCUT2D eigenvalue weighted by atomic mass is 10.0. The van der Waals surface area contributed by atoms with E-state index in [4.69, 9.17) is 42.9 Å². The zero-order valence-electron chi connectivity index (χ0n) is 84.1. The van der Waals surface area contributed by atoms with E-state index < -0.39 is 18.7 Å². The van der Waals surface area contributed by atoms with Crippen molar-refractivity contribution in [3.05, 3.63) is 280 Å². The summed E-state index contributed by atoms with van der Waals surface area (Å²) in [5.74, 6) is 6.33. The Balaban J connectivity index is 0.000000150. The van der Waals surface area contributed by atoms with E-state index in [1.54, 1.807) is 209 Å². The van der Waals surface area contributed by atoms with Crippen LogP contribution in [0.3, 0.4) is 0 Å². The Labute approximate surface area is 865 Å². The van der Waals surface area contributed by atoms with Crippen LogP contribution in [0.15, 0.2) is 252 Å². The van der Waals surface area contributed by atoms with Crippen molar-refractivity contribution in [2.75, 3.05) is 178 Å². The van der Waals surface area contributed by atoms with Gasteiger partial charge in [0.2, 0.25) is 41.5 Å². The smallest absolute Gasteiger partial charge is 0.330 e. The average molecular weight is 2040 g/mol. The first-order valence-electron chi connectivity index (χ1n) is 47.5. The molecule has 1 saturated carbocycles. The summed E-state index contributed by atoms with van der Waals surface area (Å²) in [6, 6.07) is 47.4. The number of nitrogens with one attached hydrogen (secondary N) is 7. The molecule has 42 nitrogen and oxygen atoms in total. The van der Waals surface area contributed by atoms with Crippen LogP contribution in [0.4, 0.5) is 134 Å². The molecule has 0 bridgehead atoms. The molecule has 12 aromatic rings. The zero-order valence-corrected chi connectivity index (χ0v) is 84.1. The van der Waals surface area contributed by atoms with Crippen LogP contribution >= 0.6 is 0 Å². The number of hydrogen-bond donors (Lipinski definition) is 9. The van der Waals surface area contributed by atoms with Crippen LogP contribution in [-0.2, 0) is 51.8 Å². The number of carbonyl (C=O) groups excluding carboxylic acids is 8. The number of rotatable bonds is 36. The Kier molecular flexibility index (Phi) is 34.3. The number of β-amino-alcohol motifs (C(OH)–C–C–N with tert-alkyl or cyclic N) is 1. The highest BCUT2D eigenvalue weighted by atomic mass is 16.5. The average Bonchev–Trinajstić information content (AvgIpc) is 1.33. The summed E-state index contributed by atoms with van der Waals surface area (Å²) in [6.07, 6.45) is 17.6. The lowest BCUT2D eigenvalue weighted by Crippen LogP contribution is -2.51. The maximum Gasteiger partial charge on any atom is 0.330 e. The minimum Gasteiger partial charge on any atom is -0.497 e. The predicted molar refractivity (Wildman–Crippen MR) is 575 cm³/mol. The molecule has 4 aromatic heterocycles. The maximum absolute atomic E-state index is 13.7. The number of nitrogens with zero attached hydrogens (tertiary/aromatic N) is 17. The van der Waals surface area contributed by atoms with Gasteiger partial charge in [0.25, 0.3) is 0 Å². The van der Waals surface area contributed by atoms with E-state index in [-0.39, 0.29) is 98.0 Å². The van der Waals surface area contributed by atoms with E-state index in [1.165, 1.54) is 71.3 Å². The Hall–Kier alpha value is -18.7. The van der Waals surface area contributed by atoms with Gasteiger partial charge in [-0.15, -0.1) is 6.58 Å². The van der Waals surface area contributed by atoms with Crippen molar-refractivity contribution in [2.45, 2.75) is 76.8 Å². The van der Waals surface area contributed by atoms with Crippen molar-refractivity contribution in [1.82, 2.24) is 39.9 Å². The molecule has 42 heteroatoms. The highest BCUT2D eigenvalue weighted by Crippen LogP contribution is 2.45. The molecule has 1 aliphatic carbocycles. The standard InChI is InChI=1S/C30H34N6O4.C26H28N6O6.2C26H26N6O4/c1-5-24(37)14-20-13-22(35-11-7-6-8-12-35)9-10-27(20)32-29-31-18-21-19-36(30(38)34(2)28(21)33-29)23-15-25(39-3)17-26(16-23)40-4;1-4-23(35)28-21-7-5-6-8-22(21)29-25-27-12-16-13-31(17-9-19(37-2)11-20(10-17)38-3)26(36)32(24(16)30-25)14-18(34)15-33;1-4-23(33)28-21-7-5-6-8-22(21)29-25-27-14-16-15-31(18-11-19(35-2)13-20(12-18)36-3)26(34)32(17-9-10-17)24(16)30-25;1-5-11-31-24-17(16-32(26(31)34)18-12-19(35-3)14-20(13-18)36-4)15-27-25(30-24)29-22-10-8-7-9-21(22)28-23(33)6-2/h5,9-10,13,15-18H,1,6-8,11-12,14,19H2,2-4H3,(H,31,32,33);4-12,18,33-34H,1,13-15H2,2-3H3,(H,28,35)(H,27,29,30);4-8,11-14,17H,1,9-10,15H2,2-3H3,(H,28,33)(H,27,29,30);5-10,12-15H,1-2,11,16H2,3-4H3,(H,28,33)(H,27,29,30). The number of ketones is 1. The summed E-state index contributed by atoms with van der Waals surface area (Å²) in [7, 11) is 14.1. The number of fused-ring (bicyclic) bond motifs is 4. The second-order valence-corrected chi connectivity index (χ2v) is 34.4. The number of benzene rings is 8. The normalized spacial score (nSPS) is 13.9. The largest absolute Gasteiger partial charge is 0.497 e. The highest BCUT2D eigenvalue weighted by Gasteiger charge is 2.44. The fourth-order valence-electron chi connectivity index (χ4n) is 16.7. The van der Waals surface area contributed by atoms with Gasteiger partial charge in [-0.1, -0.05) is 68.8 Å². The predicted octanol–water partition coefficient (Wildman–Crippen LogP) is 16.7. The van der Waals surface area contributed by atoms with Gasteiger partial charge < -0.3 is 90.2 Å². The van der Waals surface area contributed by atoms with Crippen molar-refractivity contribution < 1.29 is 86.5 Å². The molecule has 9 N–H and O–H groups in total. The van der Waals surface area contributed by atoms with Crippen LogP contribution in [0.1, 0.15) is 59.9 Å². The topological polar surface area (TPSA) is 467 Å². The molecule has 0 spiro atoms. The van der Waals surface area contributed by atoms with Gasteiger partial charge in [-0.05, 0) is 117 Å². The SMILES string of the molecule is C=CC(=O)Cc1cc(N2CCCCC2)ccc1Nc1ncc2c(n1)N(C)C(=O)N(c1cc(OC)cc(OC)c1)C2.C=CC(=O)Nc1ccccc1Nc1ncc2c(n1)N(C1CC1)C(=O)N(c1cc(OC)cc(OC)c1)C2.C=CC(=O)Nc1ccccc1Nc1ncc2c(n1)N(CC(O)CO)C(=O)N(c1cc(OC)cc(OC)c1)C2.C=CCN1C(=O)N(c2cc(OC)cc(OC)c2)Cc2cnc(Nc3ccccc3NC(=O)C=C)nc21. The number of piperidine rings is 1. The molecule has 2 fully saturated rings.